The highest BCUT2D eigenvalue weighted by atomic mass is 16.5. The number of nitrogens with one attached hydrogen (secondary N) is 1. The molecule has 2 aromatic rings. The highest BCUT2D eigenvalue weighted by Gasteiger charge is 2.22. The van der Waals surface area contributed by atoms with Gasteiger partial charge in [-0.25, -0.2) is 4.79 Å². The van der Waals surface area contributed by atoms with Gasteiger partial charge in [0.15, 0.2) is 0 Å². The monoisotopic (exact) mass is 399 g/mol. The Morgan fingerprint density at radius 2 is 1.55 bits per heavy atom. The van der Waals surface area contributed by atoms with Crippen LogP contribution >= 0.6 is 0 Å². The van der Waals surface area contributed by atoms with Crippen molar-refractivity contribution < 1.29 is 28.6 Å². The van der Waals surface area contributed by atoms with Gasteiger partial charge < -0.3 is 19.5 Å². The average Bonchev–Trinajstić information content (AvgIpc) is 2.76. The minimum absolute atomic E-state index is 0.0519. The van der Waals surface area contributed by atoms with Gasteiger partial charge in [-0.1, -0.05) is 42.5 Å². The Morgan fingerprint density at radius 3 is 2.17 bits per heavy atom. The highest BCUT2D eigenvalue weighted by Crippen LogP contribution is 2.16. The molecular formula is C22H25NO6. The molecule has 2 rings (SSSR count). The van der Waals surface area contributed by atoms with Crippen molar-refractivity contribution in [1.29, 1.82) is 0 Å². The number of methoxy groups -OCH3 is 2. The van der Waals surface area contributed by atoms with Crippen LogP contribution in [0, 0.1) is 0 Å². The molecule has 0 aliphatic rings. The van der Waals surface area contributed by atoms with Gasteiger partial charge in [0.05, 0.1) is 20.6 Å². The minimum Gasteiger partial charge on any atom is -0.489 e. The molecule has 0 unspecified atom stereocenters. The average molecular weight is 399 g/mol. The number of amides is 1. The summed E-state index contributed by atoms with van der Waals surface area (Å²) in [7, 11) is 2.52. The molecule has 7 nitrogen and oxygen atoms in total. The minimum atomic E-state index is -0.846. The molecule has 0 radical (unpaired) electrons. The van der Waals surface area contributed by atoms with E-state index in [1.165, 1.54) is 14.2 Å². The molecule has 0 aliphatic carbocycles. The molecule has 2 aromatic carbocycles. The number of carbonyl (C=O) groups is 3. The van der Waals surface area contributed by atoms with E-state index < -0.39 is 23.9 Å². The van der Waals surface area contributed by atoms with Gasteiger partial charge >= 0.3 is 11.9 Å². The Hall–Kier alpha value is -3.35. The van der Waals surface area contributed by atoms with Crippen LogP contribution in [0.3, 0.4) is 0 Å². The lowest BCUT2D eigenvalue weighted by Gasteiger charge is -2.17. The van der Waals surface area contributed by atoms with Crippen molar-refractivity contribution in [2.24, 2.45) is 0 Å². The van der Waals surface area contributed by atoms with Crippen LogP contribution in [0.2, 0.25) is 0 Å². The van der Waals surface area contributed by atoms with Crippen LogP contribution in [0.5, 0.6) is 5.75 Å². The number of hydrogen-bond acceptors (Lipinski definition) is 6. The Bertz CT molecular complexity index is 804. The van der Waals surface area contributed by atoms with E-state index in [4.69, 9.17) is 9.47 Å². The normalized spacial score (nSPS) is 11.2. The number of benzene rings is 2. The lowest BCUT2D eigenvalue weighted by Crippen LogP contribution is -2.43. The van der Waals surface area contributed by atoms with Crippen molar-refractivity contribution in [3.8, 4) is 5.75 Å². The van der Waals surface area contributed by atoms with Crippen LogP contribution in [0.25, 0.3) is 0 Å². The fraction of sp³-hybridized carbons (Fsp3) is 0.318. The smallest absolute Gasteiger partial charge is 0.328 e. The molecular weight excluding hydrogens is 374 g/mol. The predicted molar refractivity (Wildman–Crippen MR) is 106 cm³/mol. The van der Waals surface area contributed by atoms with Crippen molar-refractivity contribution in [1.82, 2.24) is 5.32 Å². The van der Waals surface area contributed by atoms with E-state index in [1.807, 2.05) is 54.6 Å². The van der Waals surface area contributed by atoms with Gasteiger partial charge in [-0.3, -0.25) is 9.59 Å². The fourth-order valence-corrected chi connectivity index (χ4v) is 2.62. The zero-order valence-electron chi connectivity index (χ0n) is 16.6. The quantitative estimate of drug-likeness (QED) is 0.617. The van der Waals surface area contributed by atoms with Crippen LogP contribution < -0.4 is 10.1 Å². The lowest BCUT2D eigenvalue weighted by molar-refractivity contribution is -0.145. The number of carbonyl (C=O) groups excluding carboxylic acids is 3. The van der Waals surface area contributed by atoms with E-state index in [9.17, 15) is 14.4 Å². The third-order valence-electron chi connectivity index (χ3n) is 4.22. The Labute approximate surface area is 170 Å². The van der Waals surface area contributed by atoms with Crippen LogP contribution in [-0.2, 0) is 36.9 Å². The zero-order valence-corrected chi connectivity index (χ0v) is 16.6. The molecule has 0 spiro atoms. The Kier molecular flexibility index (Phi) is 8.69. The molecule has 0 saturated heterocycles. The summed E-state index contributed by atoms with van der Waals surface area (Å²) in [4.78, 5) is 35.2. The van der Waals surface area contributed by atoms with Crippen LogP contribution in [0.15, 0.2) is 54.6 Å². The van der Waals surface area contributed by atoms with Crippen molar-refractivity contribution in [3.63, 3.8) is 0 Å². The molecule has 0 heterocycles. The molecule has 1 N–H and O–H groups in total. The maximum atomic E-state index is 12.0. The second-order valence-electron chi connectivity index (χ2n) is 6.34. The molecule has 0 aliphatic heterocycles. The molecule has 154 valence electrons. The summed E-state index contributed by atoms with van der Waals surface area (Å²) in [5.74, 6) is -0.760. The summed E-state index contributed by atoms with van der Waals surface area (Å²) in [5.41, 5.74) is 1.90. The SMILES string of the molecule is COC(=O)CCC(=O)N[C@H](Cc1ccc(OCc2ccccc2)cc1)C(=O)OC. The molecule has 1 atom stereocenters. The first-order valence-corrected chi connectivity index (χ1v) is 9.21. The maximum absolute atomic E-state index is 12.0. The van der Waals surface area contributed by atoms with Crippen LogP contribution in [0.4, 0.5) is 0 Å². The van der Waals surface area contributed by atoms with E-state index in [0.717, 1.165) is 11.1 Å². The second kappa shape index (κ2) is 11.5. The summed E-state index contributed by atoms with van der Waals surface area (Å²) in [6, 6.07) is 16.3. The van der Waals surface area contributed by atoms with Crippen molar-refractivity contribution in [2.75, 3.05) is 14.2 Å². The first-order valence-electron chi connectivity index (χ1n) is 9.21. The number of hydrogen-bond donors (Lipinski definition) is 1. The van der Waals surface area contributed by atoms with Gasteiger partial charge in [0.25, 0.3) is 0 Å². The molecule has 7 heteroatoms. The largest absolute Gasteiger partial charge is 0.489 e. The first kappa shape index (κ1) is 21.9. The number of esters is 2. The van der Waals surface area contributed by atoms with E-state index in [0.29, 0.717) is 12.4 Å². The third-order valence-corrected chi connectivity index (χ3v) is 4.22. The first-order chi connectivity index (χ1) is 14.0. The summed E-state index contributed by atoms with van der Waals surface area (Å²) in [6.07, 6.45) is 0.145. The molecule has 29 heavy (non-hydrogen) atoms. The van der Waals surface area contributed by atoms with Gasteiger partial charge in [-0.15, -0.1) is 0 Å². The third kappa shape index (κ3) is 7.65. The topological polar surface area (TPSA) is 90.9 Å². The summed E-state index contributed by atoms with van der Waals surface area (Å²) in [5, 5.41) is 2.60. The molecule has 1 amide bonds. The molecule has 0 bridgehead atoms. The highest BCUT2D eigenvalue weighted by molar-refractivity contribution is 5.86. The summed E-state index contributed by atoms with van der Waals surface area (Å²) in [6.45, 7) is 0.460. The van der Waals surface area contributed by atoms with Gasteiger partial charge in [0.1, 0.15) is 18.4 Å². The standard InChI is InChI=1S/C22H25NO6/c1-27-21(25)13-12-20(24)23-19(22(26)28-2)14-16-8-10-18(11-9-16)29-15-17-6-4-3-5-7-17/h3-11,19H,12-15H2,1-2H3,(H,23,24)/t19-/m1/s1. The Morgan fingerprint density at radius 1 is 0.862 bits per heavy atom. The van der Waals surface area contributed by atoms with E-state index in [1.54, 1.807) is 0 Å². The molecule has 0 aromatic heterocycles. The lowest BCUT2D eigenvalue weighted by atomic mass is 10.1. The van der Waals surface area contributed by atoms with Crippen molar-refractivity contribution >= 4 is 17.8 Å². The van der Waals surface area contributed by atoms with Gasteiger partial charge in [-0.2, -0.15) is 0 Å². The number of rotatable bonds is 10. The fourth-order valence-electron chi connectivity index (χ4n) is 2.62. The van der Waals surface area contributed by atoms with Crippen molar-refractivity contribution in [2.45, 2.75) is 31.9 Å². The Balaban J connectivity index is 1.91. The van der Waals surface area contributed by atoms with Gasteiger partial charge in [-0.05, 0) is 23.3 Å². The number of ether oxygens (including phenoxy) is 3. The summed E-state index contributed by atoms with van der Waals surface area (Å²) < 4.78 is 15.0. The molecule has 0 fully saturated rings. The predicted octanol–water partition coefficient (Wildman–Crippen LogP) is 2.42. The maximum Gasteiger partial charge on any atom is 0.328 e. The van der Waals surface area contributed by atoms with E-state index in [-0.39, 0.29) is 19.3 Å². The van der Waals surface area contributed by atoms with Crippen molar-refractivity contribution in [3.05, 3.63) is 65.7 Å². The van der Waals surface area contributed by atoms with Gasteiger partial charge in [0, 0.05) is 12.8 Å². The van der Waals surface area contributed by atoms with E-state index >= 15 is 0 Å². The second-order valence-corrected chi connectivity index (χ2v) is 6.34. The zero-order chi connectivity index (χ0) is 21.1. The van der Waals surface area contributed by atoms with Crippen LogP contribution in [0.1, 0.15) is 24.0 Å². The summed E-state index contributed by atoms with van der Waals surface area (Å²) >= 11 is 0. The van der Waals surface area contributed by atoms with E-state index in [2.05, 4.69) is 10.1 Å². The van der Waals surface area contributed by atoms with Crippen LogP contribution in [-0.4, -0.2) is 38.1 Å². The molecule has 0 saturated carbocycles. The van der Waals surface area contributed by atoms with Gasteiger partial charge in [0.2, 0.25) is 5.91 Å².